The van der Waals surface area contributed by atoms with E-state index in [1.165, 1.54) is 5.06 Å². The van der Waals surface area contributed by atoms with E-state index in [0.29, 0.717) is 175 Å². The van der Waals surface area contributed by atoms with Crippen molar-refractivity contribution in [3.63, 3.8) is 0 Å². The maximum atomic E-state index is 13.9. The van der Waals surface area contributed by atoms with Gasteiger partial charge in [-0.2, -0.15) is 8.78 Å². The number of hydroxylamine groups is 2. The number of hydrogen-bond donors (Lipinski definition) is 3. The number of benzene rings is 2. The van der Waals surface area contributed by atoms with E-state index >= 15 is 0 Å². The third-order valence-electron chi connectivity index (χ3n) is 11.6. The van der Waals surface area contributed by atoms with Gasteiger partial charge in [-0.05, 0) is 31.1 Å². The topological polar surface area (TPSA) is 289 Å². The fraction of sp³-hybridized carbons (Fsp3) is 0.614. The number of amidine groups is 1. The minimum Gasteiger partial charge on any atom is -0.420 e. The molecule has 0 fully saturated rings. The van der Waals surface area contributed by atoms with Crippen LogP contribution in [0.1, 0.15) is 50.9 Å². The monoisotopic (exact) mass is 1260 g/mol. The molecule has 0 saturated heterocycles. The Balaban J connectivity index is 0.808. The van der Waals surface area contributed by atoms with Crippen LogP contribution in [0, 0.1) is 23.3 Å². The Bertz CT molecular complexity index is 2460. The highest BCUT2D eigenvalue weighted by molar-refractivity contribution is 7.93. The molecule has 4 rings (SSSR count). The van der Waals surface area contributed by atoms with Crippen LogP contribution >= 0.6 is 12.0 Å². The standard InChI is InChI=1S/C57H82F4N6O19S/c1-3-9-67(85-4-2)57(70)44-36-43-6-5-42(37-46(43)66-47(62)38-44)45-39-63-48(64-40-45)41-65-49(68)7-10-72-12-14-74-16-18-76-20-22-78-24-26-80-28-30-82-32-34-84-35-33-83-31-29-81-27-25-79-23-21-77-19-17-75-15-13-73-11-8-50(69)86-55-51(58)53(60)56(87-71)54(61)52(55)59/h5-6,36-37,39-40,71H,3-4,7-35,38,41H2,1-2H3,(H2,62,66)(H,65,68). The Morgan fingerprint density at radius 2 is 1.00 bits per heavy atom. The van der Waals surface area contributed by atoms with Crippen LogP contribution in [0.25, 0.3) is 17.2 Å². The third kappa shape index (κ3) is 31.1. The molecule has 0 spiro atoms. The highest BCUT2D eigenvalue weighted by Crippen LogP contribution is 2.35. The fourth-order valence-corrected chi connectivity index (χ4v) is 7.64. The van der Waals surface area contributed by atoms with Gasteiger partial charge in [-0.25, -0.2) is 28.8 Å². The number of halogens is 4. The fourth-order valence-electron chi connectivity index (χ4n) is 7.30. The second-order valence-electron chi connectivity index (χ2n) is 18.2. The molecule has 0 bridgehead atoms. The van der Waals surface area contributed by atoms with Crippen molar-refractivity contribution in [2.24, 2.45) is 10.7 Å². The van der Waals surface area contributed by atoms with Gasteiger partial charge >= 0.3 is 5.97 Å². The van der Waals surface area contributed by atoms with E-state index in [2.05, 4.69) is 25.0 Å². The summed E-state index contributed by atoms with van der Waals surface area (Å²) >= 11 is -0.521. The quantitative estimate of drug-likeness (QED) is 0.0120. The number of amides is 2. The third-order valence-corrected chi connectivity index (χ3v) is 12.1. The molecule has 488 valence electrons. The van der Waals surface area contributed by atoms with Gasteiger partial charge in [-0.3, -0.25) is 19.2 Å². The molecule has 4 N–H and O–H groups in total. The zero-order valence-electron chi connectivity index (χ0n) is 49.4. The molecular weight excluding hydrogens is 1180 g/mol. The summed E-state index contributed by atoms with van der Waals surface area (Å²) in [7, 11) is 0. The summed E-state index contributed by atoms with van der Waals surface area (Å²) in [6.07, 6.45) is 5.84. The maximum Gasteiger partial charge on any atom is 0.313 e. The Morgan fingerprint density at radius 3 is 1.40 bits per heavy atom. The van der Waals surface area contributed by atoms with Crippen LogP contribution in [0.5, 0.6) is 5.75 Å². The molecule has 1 aromatic heterocycles. The van der Waals surface area contributed by atoms with Crippen LogP contribution < -0.4 is 15.8 Å². The number of nitrogens with one attached hydrogen (secondary N) is 1. The van der Waals surface area contributed by atoms with Crippen LogP contribution in [-0.4, -0.2) is 228 Å². The molecule has 25 nitrogen and oxygen atoms in total. The lowest BCUT2D eigenvalue weighted by Crippen LogP contribution is -2.34. The van der Waals surface area contributed by atoms with Crippen LogP contribution in [-0.2, 0) is 87.3 Å². The van der Waals surface area contributed by atoms with E-state index in [4.69, 9.17) is 76.7 Å². The lowest BCUT2D eigenvalue weighted by Gasteiger charge is -2.21. The summed E-state index contributed by atoms with van der Waals surface area (Å²) in [5, 5.41) is 4.18. The van der Waals surface area contributed by atoms with Gasteiger partial charge in [0.1, 0.15) is 16.6 Å². The normalized spacial score (nSPS) is 12.2. The van der Waals surface area contributed by atoms with Crippen LogP contribution in [0.2, 0.25) is 0 Å². The molecular formula is C57H82F4N6O19S. The number of ether oxygens (including phenoxy) is 14. The van der Waals surface area contributed by atoms with Crippen molar-refractivity contribution in [1.82, 2.24) is 20.3 Å². The first-order valence-corrected chi connectivity index (χ1v) is 29.3. The first-order valence-electron chi connectivity index (χ1n) is 28.6. The maximum absolute atomic E-state index is 13.9. The summed E-state index contributed by atoms with van der Waals surface area (Å²) in [5.74, 6) is -10.1. The van der Waals surface area contributed by atoms with Gasteiger partial charge in [0.05, 0.1) is 197 Å². The van der Waals surface area contributed by atoms with E-state index in [9.17, 15) is 31.9 Å². The lowest BCUT2D eigenvalue weighted by molar-refractivity contribution is -0.180. The van der Waals surface area contributed by atoms with Gasteiger partial charge in [-0.15, -0.1) is 0 Å². The Hall–Kier alpha value is -5.39. The number of rotatable bonds is 52. The smallest absolute Gasteiger partial charge is 0.313 e. The number of carbonyl (C=O) groups excluding carboxylic acids is 3. The number of nitrogens with zero attached hydrogens (tertiary/aromatic N) is 4. The molecule has 1 aliphatic heterocycles. The number of carbonyl (C=O) groups is 3. The van der Waals surface area contributed by atoms with Gasteiger partial charge < -0.3 is 81.9 Å². The number of aromatic nitrogens is 2. The van der Waals surface area contributed by atoms with E-state index in [1.807, 2.05) is 32.0 Å². The highest BCUT2D eigenvalue weighted by atomic mass is 32.2. The van der Waals surface area contributed by atoms with Crippen molar-refractivity contribution in [2.45, 2.75) is 51.0 Å². The summed E-state index contributed by atoms with van der Waals surface area (Å²) in [4.78, 5) is 55.1. The predicted molar refractivity (Wildman–Crippen MR) is 307 cm³/mol. The second-order valence-corrected chi connectivity index (χ2v) is 18.7. The number of fused-ring (bicyclic) bond motifs is 1. The van der Waals surface area contributed by atoms with Gasteiger partial charge in [-0.1, -0.05) is 19.1 Å². The molecule has 2 aromatic carbocycles. The predicted octanol–water partition coefficient (Wildman–Crippen LogP) is 5.45. The summed E-state index contributed by atoms with van der Waals surface area (Å²) in [6.45, 7) is 13.8. The van der Waals surface area contributed by atoms with Crippen molar-refractivity contribution in [3.05, 3.63) is 70.8 Å². The molecule has 1 aliphatic rings. The van der Waals surface area contributed by atoms with Gasteiger partial charge in [0.2, 0.25) is 23.3 Å². The Labute approximate surface area is 508 Å². The molecule has 30 heteroatoms. The van der Waals surface area contributed by atoms with Crippen molar-refractivity contribution in [2.75, 3.05) is 185 Å². The van der Waals surface area contributed by atoms with Crippen LogP contribution in [0.15, 0.2) is 46.1 Å². The molecule has 0 atom stereocenters. The van der Waals surface area contributed by atoms with E-state index in [1.54, 1.807) is 18.5 Å². The van der Waals surface area contributed by atoms with Gasteiger partial charge in [0.15, 0.2) is 11.6 Å². The average Bonchev–Trinajstić information content (AvgIpc) is 2.53. The molecule has 3 aromatic rings. The van der Waals surface area contributed by atoms with E-state index in [0.717, 1.165) is 23.1 Å². The van der Waals surface area contributed by atoms with Crippen molar-refractivity contribution in [3.8, 4) is 16.9 Å². The minimum atomic E-state index is -1.95. The van der Waals surface area contributed by atoms with Crippen molar-refractivity contribution in [1.29, 1.82) is 0 Å². The second kappa shape index (κ2) is 46.7. The van der Waals surface area contributed by atoms with Crippen molar-refractivity contribution < 1.29 is 108 Å². The first-order chi connectivity index (χ1) is 42.5. The molecule has 2 heterocycles. The molecule has 0 aliphatic carbocycles. The average molecular weight is 1260 g/mol. The van der Waals surface area contributed by atoms with E-state index < -0.39 is 58.3 Å². The number of nitrogens with two attached hydrogens (primary N) is 1. The molecule has 0 radical (unpaired) electrons. The van der Waals surface area contributed by atoms with Crippen molar-refractivity contribution >= 4 is 47.4 Å². The number of aliphatic imine (C=N–C) groups is 1. The summed E-state index contributed by atoms with van der Waals surface area (Å²) in [6, 6.07) is 5.66. The summed E-state index contributed by atoms with van der Waals surface area (Å²) in [5.41, 5.74) is 9.70. The van der Waals surface area contributed by atoms with E-state index in [-0.39, 0.29) is 64.2 Å². The first kappa shape index (κ1) is 74.1. The minimum absolute atomic E-state index is 0.0858. The van der Waals surface area contributed by atoms with Gasteiger partial charge in [0.25, 0.3) is 5.91 Å². The Kier molecular flexibility index (Phi) is 39.7. The van der Waals surface area contributed by atoms with Crippen LogP contribution in [0.4, 0.5) is 23.2 Å². The Morgan fingerprint density at radius 1 is 0.586 bits per heavy atom. The summed E-state index contributed by atoms with van der Waals surface area (Å²) < 4.78 is 139. The number of hydrogen-bond acceptors (Lipinski definition) is 24. The largest absolute Gasteiger partial charge is 0.420 e. The molecule has 0 saturated carbocycles. The lowest BCUT2D eigenvalue weighted by atomic mass is 10.0. The highest BCUT2D eigenvalue weighted by Gasteiger charge is 2.29. The SMILES string of the molecule is CCCN(OCC)C(=O)C1=Cc2ccc(-c3cnc(CNC(=O)CCOCCOCCOCCOCCOCCOCCOCCOCCOCCOCCOCCOCCOCCC(=O)Oc4c(F)c(F)c(SO)c(F)c4F)nc3)cc2N=C(N)C1. The molecule has 0 unspecified atom stereocenters. The number of esters is 1. The zero-order chi connectivity index (χ0) is 62.5. The zero-order valence-corrected chi connectivity index (χ0v) is 50.2. The molecule has 87 heavy (non-hydrogen) atoms. The van der Waals surface area contributed by atoms with Gasteiger partial charge in [0, 0.05) is 60.5 Å². The molecule has 2 amide bonds. The van der Waals surface area contributed by atoms with Crippen LogP contribution in [0.3, 0.4) is 0 Å².